The molecule has 3 aromatic carbocycles. The number of aryl methyl sites for hydroxylation is 2. The number of nitrogens with zero attached hydrogens (tertiary/aromatic N) is 2. The molecule has 0 amide bonds. The highest BCUT2D eigenvalue weighted by Gasteiger charge is 2.14. The van der Waals surface area contributed by atoms with Gasteiger partial charge in [0.2, 0.25) is 0 Å². The fraction of sp³-hybridized carbons (Fsp3) is 0.182. The van der Waals surface area contributed by atoms with Crippen molar-refractivity contribution in [1.29, 1.82) is 0 Å². The number of anilines is 4. The highest BCUT2D eigenvalue weighted by atomic mass is 15.2. The number of allylic oxidation sites excluding steroid dienone is 5. The summed E-state index contributed by atoms with van der Waals surface area (Å²) in [6, 6.07) is 26.3. The zero-order valence-corrected chi connectivity index (χ0v) is 21.2. The van der Waals surface area contributed by atoms with Crippen LogP contribution in [0.5, 0.6) is 0 Å². The fourth-order valence-electron chi connectivity index (χ4n) is 4.08. The Morgan fingerprint density at radius 1 is 0.657 bits per heavy atom. The normalized spacial score (nSPS) is 12.9. The second kappa shape index (κ2) is 11.4. The number of hydrogen-bond donors (Lipinski definition) is 0. The average molecular weight is 459 g/mol. The molecule has 176 valence electrons. The van der Waals surface area contributed by atoms with Crippen LogP contribution in [-0.4, -0.2) is 6.54 Å². The van der Waals surface area contributed by atoms with E-state index in [4.69, 9.17) is 0 Å². The predicted octanol–water partition coefficient (Wildman–Crippen LogP) is 9.10. The van der Waals surface area contributed by atoms with Crippen LogP contribution in [0.3, 0.4) is 0 Å². The average Bonchev–Trinajstić information content (AvgIpc) is 3.09. The maximum absolute atomic E-state index is 3.29. The number of benzene rings is 3. The number of rotatable bonds is 8. The van der Waals surface area contributed by atoms with Crippen LogP contribution in [0.1, 0.15) is 31.4 Å². The fourth-order valence-corrected chi connectivity index (χ4v) is 4.08. The Morgan fingerprint density at radius 3 is 1.71 bits per heavy atom. The molecule has 0 fully saturated rings. The lowest BCUT2D eigenvalue weighted by Crippen LogP contribution is -2.21. The molecule has 0 atom stereocenters. The van der Waals surface area contributed by atoms with Gasteiger partial charge in [0.25, 0.3) is 0 Å². The van der Waals surface area contributed by atoms with Crippen molar-refractivity contribution in [2.24, 2.45) is 0 Å². The first kappa shape index (κ1) is 24.1. The smallest absolute Gasteiger partial charge is 0.0463 e. The first-order chi connectivity index (χ1) is 17.0. The van der Waals surface area contributed by atoms with Crippen LogP contribution < -0.4 is 9.80 Å². The van der Waals surface area contributed by atoms with Gasteiger partial charge in [0.1, 0.15) is 0 Å². The van der Waals surface area contributed by atoms with E-state index in [0.717, 1.165) is 47.0 Å². The van der Waals surface area contributed by atoms with E-state index >= 15 is 0 Å². The van der Waals surface area contributed by atoms with Gasteiger partial charge in [-0.1, -0.05) is 54.5 Å². The quantitative estimate of drug-likeness (QED) is 0.245. The molecule has 0 radical (unpaired) electrons. The third-order valence-electron chi connectivity index (χ3n) is 6.08. The van der Waals surface area contributed by atoms with E-state index in [2.05, 4.69) is 146 Å². The van der Waals surface area contributed by atoms with Gasteiger partial charge in [0.05, 0.1) is 0 Å². The Kier molecular flexibility index (Phi) is 7.88. The van der Waals surface area contributed by atoms with E-state index in [0.29, 0.717) is 0 Å². The lowest BCUT2D eigenvalue weighted by atomic mass is 10.1. The topological polar surface area (TPSA) is 6.48 Å². The lowest BCUT2D eigenvalue weighted by Gasteiger charge is -2.28. The van der Waals surface area contributed by atoms with Crippen LogP contribution in [0.4, 0.5) is 22.7 Å². The summed E-state index contributed by atoms with van der Waals surface area (Å²) in [5.41, 5.74) is 12.7. The molecular formula is C33H34N2. The third-order valence-corrected chi connectivity index (χ3v) is 6.08. The third kappa shape index (κ3) is 6.12. The summed E-state index contributed by atoms with van der Waals surface area (Å²) >= 11 is 0. The molecule has 2 nitrogen and oxygen atoms in total. The largest absolute Gasteiger partial charge is 0.338 e. The van der Waals surface area contributed by atoms with Gasteiger partial charge in [-0.15, -0.1) is 5.73 Å². The minimum atomic E-state index is 0.815. The van der Waals surface area contributed by atoms with Gasteiger partial charge >= 0.3 is 0 Å². The van der Waals surface area contributed by atoms with Crippen LogP contribution in [0.2, 0.25) is 0 Å². The van der Waals surface area contributed by atoms with E-state index in [9.17, 15) is 0 Å². The van der Waals surface area contributed by atoms with E-state index < -0.39 is 0 Å². The molecule has 3 aromatic rings. The second-order valence-electron chi connectivity index (χ2n) is 8.93. The minimum Gasteiger partial charge on any atom is -0.338 e. The van der Waals surface area contributed by atoms with E-state index in [1.807, 2.05) is 6.08 Å². The maximum atomic E-state index is 3.29. The summed E-state index contributed by atoms with van der Waals surface area (Å²) < 4.78 is 0. The van der Waals surface area contributed by atoms with Gasteiger partial charge in [0, 0.05) is 35.0 Å². The van der Waals surface area contributed by atoms with Crippen molar-refractivity contribution in [3.8, 4) is 0 Å². The Hall–Kier alpha value is -4.00. The molecule has 0 saturated carbocycles. The molecule has 4 rings (SSSR count). The monoisotopic (exact) mass is 458 g/mol. The van der Waals surface area contributed by atoms with Gasteiger partial charge in [-0.3, -0.25) is 0 Å². The summed E-state index contributed by atoms with van der Waals surface area (Å²) in [7, 11) is 0. The van der Waals surface area contributed by atoms with E-state index in [1.54, 1.807) is 0 Å². The van der Waals surface area contributed by atoms with Crippen molar-refractivity contribution < 1.29 is 0 Å². The zero-order valence-electron chi connectivity index (χ0n) is 21.2. The number of hydrogen-bond acceptors (Lipinski definition) is 2. The van der Waals surface area contributed by atoms with Crippen molar-refractivity contribution in [2.75, 3.05) is 16.3 Å². The van der Waals surface area contributed by atoms with Crippen molar-refractivity contribution in [3.05, 3.63) is 137 Å². The first-order valence-corrected chi connectivity index (χ1v) is 12.3. The molecule has 0 heterocycles. The molecule has 0 aromatic heterocycles. The molecule has 2 heteroatoms. The lowest BCUT2D eigenvalue weighted by molar-refractivity contribution is 1.03. The van der Waals surface area contributed by atoms with E-state index in [1.165, 1.54) is 11.1 Å². The van der Waals surface area contributed by atoms with Crippen molar-refractivity contribution in [2.45, 2.75) is 34.1 Å². The highest BCUT2D eigenvalue weighted by Crippen LogP contribution is 2.36. The first-order valence-electron chi connectivity index (χ1n) is 12.3. The Morgan fingerprint density at radius 2 is 1.17 bits per heavy atom. The molecular weight excluding hydrogens is 424 g/mol. The molecule has 0 spiro atoms. The minimum absolute atomic E-state index is 0.815. The van der Waals surface area contributed by atoms with Crippen LogP contribution in [0, 0.1) is 13.8 Å². The Balaban J connectivity index is 1.71. The predicted molar refractivity (Wildman–Crippen MR) is 152 cm³/mol. The van der Waals surface area contributed by atoms with Crippen molar-refractivity contribution in [3.63, 3.8) is 0 Å². The van der Waals surface area contributed by atoms with Gasteiger partial charge in [0.15, 0.2) is 0 Å². The summed E-state index contributed by atoms with van der Waals surface area (Å²) in [5, 5.41) is 0. The molecule has 1 aliphatic carbocycles. The zero-order chi connectivity index (χ0) is 24.6. The summed E-state index contributed by atoms with van der Waals surface area (Å²) in [6.07, 6.45) is 13.9. The molecule has 0 aliphatic heterocycles. The molecule has 0 unspecified atom stereocenters. The molecule has 0 saturated heterocycles. The summed E-state index contributed by atoms with van der Waals surface area (Å²) in [6.45, 7) is 9.31. The van der Waals surface area contributed by atoms with Crippen LogP contribution in [0.15, 0.2) is 126 Å². The van der Waals surface area contributed by atoms with Gasteiger partial charge < -0.3 is 9.80 Å². The molecule has 35 heavy (non-hydrogen) atoms. The standard InChI is InChI=1S/C33H34N2/c1-5-6-7-25-34(29-10-8-9-26(2)11-16-29)30-21-23-33(24-22-30)35(31-17-12-27(3)13-18-31)32-19-14-28(4)15-20-32/h6-8,10-24H,5,25H2,1-4H3/b7-6-. The van der Waals surface area contributed by atoms with Crippen LogP contribution >= 0.6 is 0 Å². The van der Waals surface area contributed by atoms with Crippen molar-refractivity contribution in [1.82, 2.24) is 0 Å². The van der Waals surface area contributed by atoms with Gasteiger partial charge in [-0.2, -0.15) is 0 Å². The maximum Gasteiger partial charge on any atom is 0.0463 e. The Bertz CT molecular complexity index is 1240. The summed E-state index contributed by atoms with van der Waals surface area (Å²) in [5.74, 6) is 0. The van der Waals surface area contributed by atoms with Gasteiger partial charge in [-0.25, -0.2) is 0 Å². The molecule has 0 N–H and O–H groups in total. The van der Waals surface area contributed by atoms with Crippen molar-refractivity contribution >= 4 is 22.7 Å². The summed E-state index contributed by atoms with van der Waals surface area (Å²) in [4.78, 5) is 4.65. The van der Waals surface area contributed by atoms with E-state index in [-0.39, 0.29) is 0 Å². The second-order valence-corrected chi connectivity index (χ2v) is 8.93. The Labute approximate surface area is 210 Å². The van der Waals surface area contributed by atoms with Crippen LogP contribution in [0.25, 0.3) is 0 Å². The van der Waals surface area contributed by atoms with Crippen LogP contribution in [-0.2, 0) is 0 Å². The molecule has 0 bridgehead atoms. The van der Waals surface area contributed by atoms with Gasteiger partial charge in [-0.05, 0) is 106 Å². The highest BCUT2D eigenvalue weighted by molar-refractivity contribution is 5.77. The molecule has 1 aliphatic rings. The SMILES string of the molecule is CC/C=C\CN(C1=CC=C=C(C)C=C1)c1ccc(N(c2ccc(C)cc2)c2ccc(C)cc2)cc1.